The Morgan fingerprint density at radius 3 is 2.52 bits per heavy atom. The van der Waals surface area contributed by atoms with Gasteiger partial charge in [0, 0.05) is 39.3 Å². The van der Waals surface area contributed by atoms with Crippen LogP contribution in [-0.4, -0.2) is 62.6 Å². The lowest BCUT2D eigenvalue weighted by Crippen LogP contribution is -2.51. The number of aryl methyl sites for hydroxylation is 1. The van der Waals surface area contributed by atoms with Crippen LogP contribution in [-0.2, 0) is 11.2 Å². The Balaban J connectivity index is 1.65. The summed E-state index contributed by atoms with van der Waals surface area (Å²) in [7, 11) is 1.84. The van der Waals surface area contributed by atoms with Gasteiger partial charge in [-0.3, -0.25) is 14.7 Å². The monoisotopic (exact) mass is 429 g/mol. The lowest BCUT2D eigenvalue weighted by molar-refractivity contribution is -0.122. The minimum absolute atomic E-state index is 0.139. The van der Waals surface area contributed by atoms with E-state index in [0.29, 0.717) is 12.6 Å². The molecule has 1 heterocycles. The second kappa shape index (κ2) is 13.4. The number of nitrogens with one attached hydrogen (secondary N) is 3. The van der Waals surface area contributed by atoms with Crippen molar-refractivity contribution in [2.75, 3.05) is 39.8 Å². The van der Waals surface area contributed by atoms with Crippen LogP contribution in [0.5, 0.6) is 0 Å². The molecular formula is C25H43N5O. The number of benzene rings is 1. The molecule has 1 amide bonds. The molecule has 3 N–H and O–H groups in total. The number of hydrogen-bond donors (Lipinski definition) is 3. The normalized spacial score (nSPS) is 16.2. The van der Waals surface area contributed by atoms with Crippen LogP contribution in [0, 0.1) is 5.41 Å². The summed E-state index contributed by atoms with van der Waals surface area (Å²) in [6.45, 7) is 10.8. The molecule has 1 aromatic rings. The number of piperidine rings is 1. The van der Waals surface area contributed by atoms with Crippen LogP contribution in [0.15, 0.2) is 35.3 Å². The van der Waals surface area contributed by atoms with Crippen LogP contribution in [0.4, 0.5) is 0 Å². The molecule has 1 aliphatic heterocycles. The predicted molar refractivity (Wildman–Crippen MR) is 130 cm³/mol. The average molecular weight is 430 g/mol. The maximum absolute atomic E-state index is 11.9. The Bertz CT molecular complexity index is 666. The molecule has 0 spiro atoms. The second-order valence-electron chi connectivity index (χ2n) is 9.47. The Morgan fingerprint density at radius 2 is 1.87 bits per heavy atom. The third-order valence-electron chi connectivity index (χ3n) is 5.99. The van der Waals surface area contributed by atoms with E-state index in [1.54, 1.807) is 0 Å². The van der Waals surface area contributed by atoms with Gasteiger partial charge in [0.1, 0.15) is 0 Å². The first-order chi connectivity index (χ1) is 14.9. The van der Waals surface area contributed by atoms with Crippen molar-refractivity contribution < 1.29 is 4.79 Å². The zero-order chi connectivity index (χ0) is 22.5. The molecule has 0 radical (unpaired) electrons. The average Bonchev–Trinajstić information content (AvgIpc) is 2.77. The second-order valence-corrected chi connectivity index (χ2v) is 9.47. The largest absolute Gasteiger partial charge is 0.356 e. The first kappa shape index (κ1) is 25.2. The highest BCUT2D eigenvalue weighted by molar-refractivity contribution is 5.80. The van der Waals surface area contributed by atoms with Gasteiger partial charge in [0.15, 0.2) is 5.96 Å². The summed E-state index contributed by atoms with van der Waals surface area (Å²) in [6, 6.07) is 11.1. The van der Waals surface area contributed by atoms with Crippen molar-refractivity contribution in [2.45, 2.75) is 65.3 Å². The van der Waals surface area contributed by atoms with Crippen LogP contribution in [0.1, 0.15) is 58.4 Å². The van der Waals surface area contributed by atoms with E-state index in [1.165, 1.54) is 18.4 Å². The summed E-state index contributed by atoms with van der Waals surface area (Å²) in [5, 5.41) is 10.1. The Kier molecular flexibility index (Phi) is 10.9. The minimum atomic E-state index is 0.139. The van der Waals surface area contributed by atoms with E-state index in [4.69, 9.17) is 0 Å². The standard InChI is InChI=1S/C25H43N5O/c1-5-16-27-23(31)19-30-17-13-22(14-18-30)29-24(26-4)28-20-25(2,3)15-9-12-21-10-7-6-8-11-21/h6-8,10-11,22H,5,9,12-20H2,1-4H3,(H,27,31)(H2,26,28,29). The fourth-order valence-electron chi connectivity index (χ4n) is 3.97. The number of guanidine groups is 1. The van der Waals surface area contributed by atoms with E-state index >= 15 is 0 Å². The molecule has 0 aliphatic carbocycles. The van der Waals surface area contributed by atoms with Crippen molar-refractivity contribution in [2.24, 2.45) is 10.4 Å². The third kappa shape index (κ3) is 10.2. The van der Waals surface area contributed by atoms with Gasteiger partial charge in [0.2, 0.25) is 5.91 Å². The molecule has 6 nitrogen and oxygen atoms in total. The summed E-state index contributed by atoms with van der Waals surface area (Å²) in [5.74, 6) is 1.02. The molecule has 1 aliphatic rings. The van der Waals surface area contributed by atoms with Gasteiger partial charge in [-0.25, -0.2) is 0 Å². The third-order valence-corrected chi connectivity index (χ3v) is 5.99. The number of carbonyl (C=O) groups is 1. The van der Waals surface area contributed by atoms with E-state index < -0.39 is 0 Å². The molecular weight excluding hydrogens is 386 g/mol. The molecule has 0 aromatic heterocycles. The summed E-state index contributed by atoms with van der Waals surface area (Å²) < 4.78 is 0. The molecule has 31 heavy (non-hydrogen) atoms. The molecule has 0 atom stereocenters. The summed E-state index contributed by atoms with van der Waals surface area (Å²) in [4.78, 5) is 18.6. The van der Waals surface area contributed by atoms with E-state index in [2.05, 4.69) is 76.9 Å². The zero-order valence-corrected chi connectivity index (χ0v) is 20.0. The summed E-state index contributed by atoms with van der Waals surface area (Å²) in [5.41, 5.74) is 1.62. The van der Waals surface area contributed by atoms with Gasteiger partial charge in [-0.15, -0.1) is 0 Å². The van der Waals surface area contributed by atoms with Crippen molar-refractivity contribution in [3.8, 4) is 0 Å². The molecule has 0 saturated carbocycles. The molecule has 1 fully saturated rings. The fraction of sp³-hybridized carbons (Fsp3) is 0.680. The number of nitrogens with zero attached hydrogens (tertiary/aromatic N) is 2. The maximum Gasteiger partial charge on any atom is 0.234 e. The Morgan fingerprint density at radius 1 is 1.16 bits per heavy atom. The van der Waals surface area contributed by atoms with Crippen LogP contribution >= 0.6 is 0 Å². The number of carbonyl (C=O) groups excluding carboxylic acids is 1. The minimum Gasteiger partial charge on any atom is -0.356 e. The molecule has 174 valence electrons. The van der Waals surface area contributed by atoms with Crippen molar-refractivity contribution >= 4 is 11.9 Å². The number of likely N-dealkylation sites (tertiary alicyclic amines) is 1. The van der Waals surface area contributed by atoms with Crippen LogP contribution in [0.3, 0.4) is 0 Å². The SMILES string of the molecule is CCCNC(=O)CN1CCC(NC(=NC)NCC(C)(C)CCCc2ccccc2)CC1. The Hall–Kier alpha value is -2.08. The topological polar surface area (TPSA) is 68.8 Å². The highest BCUT2D eigenvalue weighted by Crippen LogP contribution is 2.22. The first-order valence-electron chi connectivity index (χ1n) is 11.9. The Labute approximate surface area is 189 Å². The molecule has 2 rings (SSSR count). The van der Waals surface area contributed by atoms with Gasteiger partial charge in [-0.2, -0.15) is 0 Å². The number of rotatable bonds is 11. The van der Waals surface area contributed by atoms with E-state index in [1.807, 2.05) is 7.05 Å². The molecule has 0 unspecified atom stereocenters. The van der Waals surface area contributed by atoms with Crippen molar-refractivity contribution in [1.82, 2.24) is 20.9 Å². The van der Waals surface area contributed by atoms with Gasteiger partial charge < -0.3 is 16.0 Å². The molecule has 6 heteroatoms. The molecule has 1 saturated heterocycles. The van der Waals surface area contributed by atoms with E-state index in [0.717, 1.165) is 57.8 Å². The summed E-state index contributed by atoms with van der Waals surface area (Å²) >= 11 is 0. The van der Waals surface area contributed by atoms with E-state index in [-0.39, 0.29) is 11.3 Å². The van der Waals surface area contributed by atoms with Crippen LogP contribution in [0.25, 0.3) is 0 Å². The van der Waals surface area contributed by atoms with Crippen LogP contribution in [0.2, 0.25) is 0 Å². The maximum atomic E-state index is 11.9. The van der Waals surface area contributed by atoms with Crippen molar-refractivity contribution in [3.63, 3.8) is 0 Å². The number of aliphatic imine (C=N–C) groups is 1. The van der Waals surface area contributed by atoms with Crippen molar-refractivity contribution in [3.05, 3.63) is 35.9 Å². The van der Waals surface area contributed by atoms with Gasteiger partial charge in [-0.1, -0.05) is 51.1 Å². The van der Waals surface area contributed by atoms with Gasteiger partial charge >= 0.3 is 0 Å². The lowest BCUT2D eigenvalue weighted by atomic mass is 9.86. The van der Waals surface area contributed by atoms with Gasteiger partial charge in [0.25, 0.3) is 0 Å². The van der Waals surface area contributed by atoms with Crippen LogP contribution < -0.4 is 16.0 Å². The molecule has 1 aromatic carbocycles. The highest BCUT2D eigenvalue weighted by atomic mass is 16.2. The molecule has 0 bridgehead atoms. The number of amides is 1. The first-order valence-corrected chi connectivity index (χ1v) is 11.9. The van der Waals surface area contributed by atoms with Crippen molar-refractivity contribution in [1.29, 1.82) is 0 Å². The summed E-state index contributed by atoms with van der Waals surface area (Å²) in [6.07, 6.45) is 6.53. The smallest absolute Gasteiger partial charge is 0.234 e. The number of hydrogen-bond acceptors (Lipinski definition) is 3. The zero-order valence-electron chi connectivity index (χ0n) is 20.0. The van der Waals surface area contributed by atoms with E-state index in [9.17, 15) is 4.79 Å². The van der Waals surface area contributed by atoms with Gasteiger partial charge in [-0.05, 0) is 49.5 Å². The lowest BCUT2D eigenvalue weighted by Gasteiger charge is -2.33. The highest BCUT2D eigenvalue weighted by Gasteiger charge is 2.23. The fourth-order valence-corrected chi connectivity index (χ4v) is 3.97. The quantitative estimate of drug-likeness (QED) is 0.373. The van der Waals surface area contributed by atoms with Gasteiger partial charge in [0.05, 0.1) is 6.54 Å². The predicted octanol–water partition coefficient (Wildman–Crippen LogP) is 3.19.